The van der Waals surface area contributed by atoms with Crippen molar-refractivity contribution in [1.29, 1.82) is 0 Å². The van der Waals surface area contributed by atoms with E-state index >= 15 is 0 Å². The van der Waals surface area contributed by atoms with E-state index in [-0.39, 0.29) is 17.1 Å². The van der Waals surface area contributed by atoms with Gasteiger partial charge in [-0.3, -0.25) is 4.79 Å². The van der Waals surface area contributed by atoms with Gasteiger partial charge in [0.15, 0.2) is 0 Å². The van der Waals surface area contributed by atoms with Crippen molar-refractivity contribution in [2.24, 2.45) is 5.92 Å². The fraction of sp³-hybridized carbons (Fsp3) is 0.500. The Morgan fingerprint density at radius 1 is 1.22 bits per heavy atom. The number of nitrogens with one attached hydrogen (secondary N) is 1. The summed E-state index contributed by atoms with van der Waals surface area (Å²) in [6.07, 6.45) is 3.10. The van der Waals surface area contributed by atoms with Crippen LogP contribution in [0.25, 0.3) is 0 Å². The Balaban J connectivity index is 2.41. The average Bonchev–Trinajstić information content (AvgIpc) is 2.27. The summed E-state index contributed by atoms with van der Waals surface area (Å²) in [4.78, 5) is 11.8. The van der Waals surface area contributed by atoms with Crippen LogP contribution < -0.4 is 5.32 Å². The molecule has 4 heteroatoms. The predicted octanol–water partition coefficient (Wildman–Crippen LogP) is 2.65. The van der Waals surface area contributed by atoms with Gasteiger partial charge in [-0.15, -0.1) is 0 Å². The van der Waals surface area contributed by atoms with Crippen LogP contribution in [0.3, 0.4) is 0 Å². The average molecular weight is 251 g/mol. The van der Waals surface area contributed by atoms with Crippen LogP contribution in [-0.4, -0.2) is 22.7 Å². The lowest BCUT2D eigenvalue weighted by atomic mass is 10.1. The number of hydrogen-bond acceptors (Lipinski definition) is 3. The van der Waals surface area contributed by atoms with Crippen molar-refractivity contribution in [3.05, 3.63) is 23.8 Å². The van der Waals surface area contributed by atoms with Crippen LogP contribution in [-0.2, 0) is 0 Å². The molecule has 0 aromatic heterocycles. The third-order valence-electron chi connectivity index (χ3n) is 2.74. The molecule has 0 unspecified atom stereocenters. The highest BCUT2D eigenvalue weighted by atomic mass is 16.3. The van der Waals surface area contributed by atoms with Crippen LogP contribution >= 0.6 is 0 Å². The second-order valence-corrected chi connectivity index (χ2v) is 4.82. The van der Waals surface area contributed by atoms with Crippen LogP contribution in [0.15, 0.2) is 18.2 Å². The van der Waals surface area contributed by atoms with Crippen LogP contribution in [0.1, 0.15) is 43.5 Å². The fourth-order valence-corrected chi connectivity index (χ4v) is 1.73. The van der Waals surface area contributed by atoms with E-state index in [0.29, 0.717) is 12.5 Å². The van der Waals surface area contributed by atoms with Crippen molar-refractivity contribution < 1.29 is 15.0 Å². The summed E-state index contributed by atoms with van der Waals surface area (Å²) in [6, 6.07) is 4.25. The maximum atomic E-state index is 11.8. The molecule has 0 bridgehead atoms. The highest BCUT2D eigenvalue weighted by molar-refractivity contribution is 5.99. The molecular weight excluding hydrogens is 230 g/mol. The molecule has 0 atom stereocenters. The van der Waals surface area contributed by atoms with Crippen LogP contribution in [0.2, 0.25) is 0 Å². The SMILES string of the molecule is CC(C)CCCCNC(=O)c1c(O)cccc1O. The maximum Gasteiger partial charge on any atom is 0.258 e. The number of benzene rings is 1. The van der Waals surface area contributed by atoms with Crippen molar-refractivity contribution in [2.75, 3.05) is 6.54 Å². The van der Waals surface area contributed by atoms with Crippen LogP contribution in [0.4, 0.5) is 0 Å². The standard InChI is InChI=1S/C14H21NO3/c1-10(2)6-3-4-9-15-14(18)13-11(16)7-5-8-12(13)17/h5,7-8,10,16-17H,3-4,6,9H2,1-2H3,(H,15,18). The van der Waals surface area contributed by atoms with Gasteiger partial charge in [0.05, 0.1) is 0 Å². The molecule has 1 aromatic rings. The Morgan fingerprint density at radius 2 is 1.83 bits per heavy atom. The third-order valence-corrected chi connectivity index (χ3v) is 2.74. The summed E-state index contributed by atoms with van der Waals surface area (Å²) >= 11 is 0. The second kappa shape index (κ2) is 6.89. The third kappa shape index (κ3) is 4.28. The number of phenolic OH excluding ortho intramolecular Hbond substituents is 2. The van der Waals surface area contributed by atoms with Gasteiger partial charge in [0.1, 0.15) is 17.1 Å². The van der Waals surface area contributed by atoms with Gasteiger partial charge >= 0.3 is 0 Å². The van der Waals surface area contributed by atoms with E-state index in [4.69, 9.17) is 0 Å². The zero-order valence-corrected chi connectivity index (χ0v) is 10.9. The number of rotatable bonds is 6. The molecule has 3 N–H and O–H groups in total. The van der Waals surface area contributed by atoms with Gasteiger partial charge in [-0.05, 0) is 24.5 Å². The fourth-order valence-electron chi connectivity index (χ4n) is 1.73. The minimum atomic E-state index is -0.435. The van der Waals surface area contributed by atoms with Crippen molar-refractivity contribution in [3.63, 3.8) is 0 Å². The van der Waals surface area contributed by atoms with E-state index in [9.17, 15) is 15.0 Å². The molecule has 0 radical (unpaired) electrons. The maximum absolute atomic E-state index is 11.8. The number of phenols is 2. The highest BCUT2D eigenvalue weighted by Crippen LogP contribution is 2.25. The Labute approximate surface area is 108 Å². The quantitative estimate of drug-likeness (QED) is 0.681. The normalized spacial score (nSPS) is 10.6. The van der Waals surface area contributed by atoms with Gasteiger partial charge in [-0.2, -0.15) is 0 Å². The summed E-state index contributed by atoms with van der Waals surface area (Å²) in [5.74, 6) is -0.164. The first-order chi connectivity index (χ1) is 8.52. The number of aromatic hydroxyl groups is 2. The molecular formula is C14H21NO3. The van der Waals surface area contributed by atoms with Gasteiger partial charge in [0.25, 0.3) is 5.91 Å². The van der Waals surface area contributed by atoms with E-state index in [2.05, 4.69) is 19.2 Å². The summed E-state index contributed by atoms with van der Waals surface area (Å²) in [7, 11) is 0. The number of hydrogen-bond donors (Lipinski definition) is 3. The molecule has 100 valence electrons. The Kier molecular flexibility index (Phi) is 5.49. The molecule has 0 spiro atoms. The van der Waals surface area contributed by atoms with Crippen molar-refractivity contribution in [1.82, 2.24) is 5.32 Å². The van der Waals surface area contributed by atoms with E-state index in [1.807, 2.05) is 0 Å². The summed E-state index contributed by atoms with van der Waals surface area (Å²) in [5.41, 5.74) is -0.0543. The van der Waals surface area contributed by atoms with Gasteiger partial charge in [-0.1, -0.05) is 32.8 Å². The first kappa shape index (κ1) is 14.4. The molecule has 1 rings (SSSR count). The Hall–Kier alpha value is -1.71. The zero-order chi connectivity index (χ0) is 13.5. The number of amides is 1. The first-order valence-electron chi connectivity index (χ1n) is 6.31. The van der Waals surface area contributed by atoms with Gasteiger partial charge < -0.3 is 15.5 Å². The van der Waals surface area contributed by atoms with Crippen molar-refractivity contribution in [3.8, 4) is 11.5 Å². The second-order valence-electron chi connectivity index (χ2n) is 4.82. The minimum absolute atomic E-state index is 0.0543. The monoisotopic (exact) mass is 251 g/mol. The molecule has 0 saturated carbocycles. The molecule has 0 heterocycles. The molecule has 0 saturated heterocycles. The summed E-state index contributed by atoms with van der Waals surface area (Å²) in [5, 5.41) is 21.7. The van der Waals surface area contributed by atoms with Crippen molar-refractivity contribution >= 4 is 5.91 Å². The van der Waals surface area contributed by atoms with Gasteiger partial charge in [-0.25, -0.2) is 0 Å². The topological polar surface area (TPSA) is 69.6 Å². The van der Waals surface area contributed by atoms with Crippen LogP contribution in [0.5, 0.6) is 11.5 Å². The first-order valence-corrected chi connectivity index (χ1v) is 6.31. The smallest absolute Gasteiger partial charge is 0.258 e. The predicted molar refractivity (Wildman–Crippen MR) is 70.8 cm³/mol. The zero-order valence-electron chi connectivity index (χ0n) is 10.9. The summed E-state index contributed by atoms with van der Waals surface area (Å²) < 4.78 is 0. The van der Waals surface area contributed by atoms with Gasteiger partial charge in [0.2, 0.25) is 0 Å². The van der Waals surface area contributed by atoms with Crippen molar-refractivity contribution in [2.45, 2.75) is 33.1 Å². The summed E-state index contributed by atoms with van der Waals surface area (Å²) in [6.45, 7) is 4.89. The molecule has 4 nitrogen and oxygen atoms in total. The molecule has 18 heavy (non-hydrogen) atoms. The van der Waals surface area contributed by atoms with E-state index < -0.39 is 5.91 Å². The number of carbonyl (C=O) groups excluding carboxylic acids is 1. The lowest BCUT2D eigenvalue weighted by Crippen LogP contribution is -2.24. The number of unbranched alkanes of at least 4 members (excludes halogenated alkanes) is 1. The van der Waals surface area contributed by atoms with E-state index in [1.165, 1.54) is 18.2 Å². The van der Waals surface area contributed by atoms with E-state index in [0.717, 1.165) is 19.3 Å². The largest absolute Gasteiger partial charge is 0.507 e. The molecule has 0 aliphatic heterocycles. The van der Waals surface area contributed by atoms with Crippen LogP contribution in [0, 0.1) is 5.92 Å². The molecule has 0 aliphatic carbocycles. The minimum Gasteiger partial charge on any atom is -0.507 e. The number of carbonyl (C=O) groups is 1. The molecule has 0 aliphatic rings. The highest BCUT2D eigenvalue weighted by Gasteiger charge is 2.14. The lowest BCUT2D eigenvalue weighted by Gasteiger charge is -2.09. The van der Waals surface area contributed by atoms with E-state index in [1.54, 1.807) is 0 Å². The van der Waals surface area contributed by atoms with Gasteiger partial charge in [0, 0.05) is 6.54 Å². The Bertz CT molecular complexity index is 382. The molecule has 1 amide bonds. The molecule has 0 fully saturated rings. The molecule has 1 aromatic carbocycles. The Morgan fingerprint density at radius 3 is 2.39 bits per heavy atom. The lowest BCUT2D eigenvalue weighted by molar-refractivity contribution is 0.0947.